The van der Waals surface area contributed by atoms with Gasteiger partial charge in [-0.25, -0.2) is 0 Å². The molecule has 4 bridgehead atoms. The van der Waals surface area contributed by atoms with Crippen LogP contribution in [-0.2, 0) is 10.2 Å². The van der Waals surface area contributed by atoms with Crippen LogP contribution in [0.4, 0.5) is 5.13 Å². The van der Waals surface area contributed by atoms with Gasteiger partial charge in [-0.3, -0.25) is 4.79 Å². The minimum atomic E-state index is -0.239. The maximum absolute atomic E-state index is 13.5. The van der Waals surface area contributed by atoms with E-state index >= 15 is 0 Å². The lowest BCUT2D eigenvalue weighted by Crippen LogP contribution is -2.57. The zero-order valence-electron chi connectivity index (χ0n) is 17.2. The van der Waals surface area contributed by atoms with Crippen LogP contribution in [0.5, 0.6) is 0 Å². The van der Waals surface area contributed by atoms with Crippen molar-refractivity contribution in [2.24, 2.45) is 17.3 Å². The number of thioether (sulfide) groups is 1. The van der Waals surface area contributed by atoms with Crippen LogP contribution in [0, 0.1) is 24.2 Å². The van der Waals surface area contributed by atoms with Gasteiger partial charge in [0.1, 0.15) is 0 Å². The Morgan fingerprint density at radius 3 is 2.62 bits per heavy atom. The summed E-state index contributed by atoms with van der Waals surface area (Å²) in [6, 6.07) is 9.10. The quantitative estimate of drug-likeness (QED) is 0.590. The Balaban J connectivity index is 1.39. The van der Waals surface area contributed by atoms with Crippen molar-refractivity contribution >= 4 is 34.3 Å². The van der Waals surface area contributed by atoms with Gasteiger partial charge in [0, 0.05) is 17.3 Å². The maximum Gasteiger partial charge on any atom is 0.232 e. The number of amides is 1. The molecule has 29 heavy (non-hydrogen) atoms. The molecule has 0 aliphatic heterocycles. The standard InChI is InChI=1S/C23H29N3OS2/c1-3-8-28-21-25-20(29-26-21)24-19(27)23-12-16-9-17(13-23)11-22(10-16,14-23)18-6-4-15(2)5-7-18/h4-7,16-17H,3,8-14H2,1-2H3,(H,24,25,26,27)/t16-,17-,22?,23?/m0/s1. The van der Waals surface area contributed by atoms with Gasteiger partial charge in [0.25, 0.3) is 0 Å². The zero-order valence-corrected chi connectivity index (χ0v) is 18.9. The summed E-state index contributed by atoms with van der Waals surface area (Å²) in [4.78, 5) is 18.1. The van der Waals surface area contributed by atoms with Crippen molar-refractivity contribution < 1.29 is 4.79 Å². The predicted molar refractivity (Wildman–Crippen MR) is 120 cm³/mol. The van der Waals surface area contributed by atoms with Gasteiger partial charge in [0.2, 0.25) is 16.2 Å². The summed E-state index contributed by atoms with van der Waals surface area (Å²) >= 11 is 2.98. The fraction of sp³-hybridized carbons (Fsp3) is 0.609. The Morgan fingerprint density at radius 2 is 1.93 bits per heavy atom. The van der Waals surface area contributed by atoms with Crippen molar-refractivity contribution in [3.05, 3.63) is 35.4 Å². The van der Waals surface area contributed by atoms with Crippen molar-refractivity contribution in [2.45, 2.75) is 69.4 Å². The number of rotatable bonds is 6. The van der Waals surface area contributed by atoms with Crippen LogP contribution in [0.25, 0.3) is 0 Å². The van der Waals surface area contributed by atoms with Crippen LogP contribution in [0.1, 0.15) is 63.0 Å². The van der Waals surface area contributed by atoms with E-state index in [4.69, 9.17) is 0 Å². The minimum absolute atomic E-state index is 0.179. The third-order valence-electron chi connectivity index (χ3n) is 7.27. The number of aryl methyl sites for hydroxylation is 1. The van der Waals surface area contributed by atoms with E-state index in [9.17, 15) is 4.79 Å². The van der Waals surface area contributed by atoms with Crippen molar-refractivity contribution in [2.75, 3.05) is 11.1 Å². The number of benzene rings is 1. The second-order valence-corrected chi connectivity index (χ2v) is 11.4. The lowest BCUT2D eigenvalue weighted by molar-refractivity contribution is -0.143. The van der Waals surface area contributed by atoms with Crippen molar-refractivity contribution in [3.63, 3.8) is 0 Å². The SMILES string of the molecule is CCCSc1nsc(NC(=O)C23C[C@H]4C[C@H](C2)CC(c2ccc(C)cc2)(C4)C3)n1. The molecule has 2 aromatic rings. The number of nitrogens with one attached hydrogen (secondary N) is 1. The number of anilines is 1. The van der Waals surface area contributed by atoms with Gasteiger partial charge in [-0.1, -0.05) is 48.5 Å². The molecule has 4 aliphatic rings. The number of hydrogen-bond acceptors (Lipinski definition) is 5. The molecule has 4 nitrogen and oxygen atoms in total. The second kappa shape index (κ2) is 7.38. The van der Waals surface area contributed by atoms with Gasteiger partial charge in [0.15, 0.2) is 0 Å². The Labute approximate surface area is 181 Å². The Hall–Kier alpha value is -1.40. The van der Waals surface area contributed by atoms with Crippen LogP contribution in [0.3, 0.4) is 0 Å². The fourth-order valence-electron chi connectivity index (χ4n) is 6.52. The molecule has 6 heteroatoms. The molecule has 1 N–H and O–H groups in total. The van der Waals surface area contributed by atoms with Gasteiger partial charge in [-0.15, -0.1) is 0 Å². The van der Waals surface area contributed by atoms with Crippen molar-refractivity contribution in [3.8, 4) is 0 Å². The minimum Gasteiger partial charge on any atom is -0.300 e. The maximum atomic E-state index is 13.5. The number of carbonyl (C=O) groups is 1. The molecule has 4 saturated carbocycles. The van der Waals surface area contributed by atoms with Crippen molar-refractivity contribution in [1.82, 2.24) is 9.36 Å². The molecule has 6 rings (SSSR count). The average molecular weight is 428 g/mol. The number of carbonyl (C=O) groups excluding carboxylic acids is 1. The predicted octanol–water partition coefficient (Wildman–Crippen LogP) is 5.83. The summed E-state index contributed by atoms with van der Waals surface area (Å²) in [5, 5.41) is 4.61. The topological polar surface area (TPSA) is 54.9 Å². The van der Waals surface area contributed by atoms with E-state index in [0.29, 0.717) is 17.0 Å². The third-order valence-corrected chi connectivity index (χ3v) is 9.07. The first-order chi connectivity index (χ1) is 14.0. The van der Waals surface area contributed by atoms with Crippen LogP contribution in [-0.4, -0.2) is 21.0 Å². The first-order valence-electron chi connectivity index (χ1n) is 10.9. The van der Waals surface area contributed by atoms with E-state index in [0.717, 1.165) is 36.6 Å². The monoisotopic (exact) mass is 427 g/mol. The smallest absolute Gasteiger partial charge is 0.232 e. The largest absolute Gasteiger partial charge is 0.300 e. The highest BCUT2D eigenvalue weighted by Crippen LogP contribution is 2.66. The van der Waals surface area contributed by atoms with E-state index in [2.05, 4.69) is 52.8 Å². The molecule has 0 unspecified atom stereocenters. The van der Waals surface area contributed by atoms with Gasteiger partial charge in [0.05, 0.1) is 5.41 Å². The zero-order chi connectivity index (χ0) is 20.1. The molecular formula is C23H29N3OS2. The van der Waals surface area contributed by atoms with E-state index in [1.807, 2.05) is 0 Å². The normalized spacial score (nSPS) is 32.5. The molecule has 1 aromatic heterocycles. The Kier molecular flexibility index (Phi) is 4.98. The first kappa shape index (κ1) is 19.6. The summed E-state index contributed by atoms with van der Waals surface area (Å²) in [6.07, 6.45) is 7.96. The van der Waals surface area contributed by atoms with E-state index in [1.165, 1.54) is 41.9 Å². The number of hydrogen-bond donors (Lipinski definition) is 1. The van der Waals surface area contributed by atoms with Gasteiger partial charge >= 0.3 is 0 Å². The fourth-order valence-corrected chi connectivity index (χ4v) is 7.91. The molecule has 0 spiro atoms. The molecule has 4 aliphatic carbocycles. The van der Waals surface area contributed by atoms with Crippen LogP contribution in [0.15, 0.2) is 29.4 Å². The summed E-state index contributed by atoms with van der Waals surface area (Å²) in [6.45, 7) is 4.30. The highest BCUT2D eigenvalue weighted by atomic mass is 32.2. The van der Waals surface area contributed by atoms with Crippen molar-refractivity contribution in [1.29, 1.82) is 0 Å². The van der Waals surface area contributed by atoms with Gasteiger partial charge in [-0.05, 0) is 74.7 Å². The first-order valence-corrected chi connectivity index (χ1v) is 12.6. The summed E-state index contributed by atoms with van der Waals surface area (Å²) in [7, 11) is 0. The molecule has 1 amide bonds. The number of aromatic nitrogens is 2. The summed E-state index contributed by atoms with van der Waals surface area (Å²) in [5.74, 6) is 2.55. The van der Waals surface area contributed by atoms with Crippen LogP contribution < -0.4 is 5.32 Å². The molecule has 2 atom stereocenters. The highest BCUT2D eigenvalue weighted by molar-refractivity contribution is 7.99. The van der Waals surface area contributed by atoms with E-state index in [-0.39, 0.29) is 16.7 Å². The summed E-state index contributed by atoms with van der Waals surface area (Å²) < 4.78 is 4.40. The lowest BCUT2D eigenvalue weighted by atomic mass is 9.42. The Morgan fingerprint density at radius 1 is 1.21 bits per heavy atom. The van der Waals surface area contributed by atoms with Crippen LogP contribution in [0.2, 0.25) is 0 Å². The average Bonchev–Trinajstić information content (AvgIpc) is 3.13. The highest BCUT2D eigenvalue weighted by Gasteiger charge is 2.61. The second-order valence-electron chi connectivity index (χ2n) is 9.57. The van der Waals surface area contributed by atoms with Gasteiger partial charge < -0.3 is 5.32 Å². The molecule has 154 valence electrons. The molecule has 0 saturated heterocycles. The molecule has 1 heterocycles. The molecule has 4 fully saturated rings. The molecular weight excluding hydrogens is 398 g/mol. The van der Waals surface area contributed by atoms with E-state index < -0.39 is 0 Å². The third kappa shape index (κ3) is 3.52. The summed E-state index contributed by atoms with van der Waals surface area (Å²) in [5.41, 5.74) is 2.69. The van der Waals surface area contributed by atoms with E-state index in [1.54, 1.807) is 11.8 Å². The molecule has 1 aromatic carbocycles. The molecule has 0 radical (unpaired) electrons. The Bertz CT molecular complexity index is 893. The lowest BCUT2D eigenvalue weighted by Gasteiger charge is -2.61. The van der Waals surface area contributed by atoms with Gasteiger partial charge in [-0.2, -0.15) is 9.36 Å². The number of nitrogens with zero attached hydrogens (tertiary/aromatic N) is 2. The van der Waals surface area contributed by atoms with Crippen LogP contribution >= 0.6 is 23.3 Å².